The second-order valence-corrected chi connectivity index (χ2v) is 5.66. The lowest BCUT2D eigenvalue weighted by Crippen LogP contribution is -2.45. The average molecular weight is 302 g/mol. The topological polar surface area (TPSA) is 64.1 Å². The molecular weight excluding hydrogens is 285 g/mol. The monoisotopic (exact) mass is 301 g/mol. The molecule has 0 radical (unpaired) electrons. The fourth-order valence-corrected chi connectivity index (χ4v) is 2.55. The van der Waals surface area contributed by atoms with Crippen molar-refractivity contribution >= 4 is 23.4 Å². The Balaban J connectivity index is 2.18. The molecule has 0 bridgehead atoms. The first kappa shape index (κ1) is 15.0. The fourth-order valence-electron chi connectivity index (χ4n) is 2.42. The van der Waals surface area contributed by atoms with E-state index in [4.69, 9.17) is 16.3 Å². The van der Waals surface area contributed by atoms with Crippen LogP contribution >= 0.6 is 11.6 Å². The molecule has 1 aliphatic carbocycles. The van der Waals surface area contributed by atoms with Gasteiger partial charge in [0.2, 0.25) is 5.28 Å². The smallest absolute Gasteiger partial charge is 0.307 e. The van der Waals surface area contributed by atoms with Crippen molar-refractivity contribution in [2.45, 2.75) is 38.6 Å². The van der Waals surface area contributed by atoms with Gasteiger partial charge in [0.05, 0.1) is 19.7 Å². The molecule has 110 valence electrons. The van der Waals surface area contributed by atoms with E-state index < -0.39 is 5.82 Å². The van der Waals surface area contributed by atoms with E-state index in [1.54, 1.807) is 0 Å². The van der Waals surface area contributed by atoms with Crippen LogP contribution in [-0.2, 0) is 9.53 Å². The number of anilines is 1. The number of rotatable bonds is 5. The van der Waals surface area contributed by atoms with Crippen LogP contribution in [0.3, 0.4) is 0 Å². The predicted molar refractivity (Wildman–Crippen MR) is 73.0 cm³/mol. The molecule has 0 aromatic carbocycles. The molecule has 1 unspecified atom stereocenters. The molecule has 1 aromatic heterocycles. The third-order valence-corrected chi connectivity index (χ3v) is 4.14. The molecule has 0 saturated heterocycles. The summed E-state index contributed by atoms with van der Waals surface area (Å²) in [5.41, 5.74) is -0.0714. The standard InChI is InChI=1S/C13H17ClFN3O2/c1-13(4-3-5-13)9(6-10(19)20-2)17-11-8(15)7-16-12(14)18-11/h7,9H,3-6H2,1-2H3,(H,16,17,18). The molecule has 1 aromatic rings. The lowest BCUT2D eigenvalue weighted by atomic mass is 9.64. The quantitative estimate of drug-likeness (QED) is 0.669. The summed E-state index contributed by atoms with van der Waals surface area (Å²) in [6.07, 6.45) is 4.22. The molecule has 1 fully saturated rings. The minimum atomic E-state index is -0.591. The Bertz CT molecular complexity index is 508. The maximum absolute atomic E-state index is 13.7. The van der Waals surface area contributed by atoms with Crippen LogP contribution in [0.25, 0.3) is 0 Å². The Morgan fingerprint density at radius 1 is 1.65 bits per heavy atom. The summed E-state index contributed by atoms with van der Waals surface area (Å²) in [5.74, 6) is -0.907. The van der Waals surface area contributed by atoms with Gasteiger partial charge in [-0.3, -0.25) is 4.79 Å². The molecular formula is C13H17ClFN3O2. The lowest BCUT2D eigenvalue weighted by Gasteiger charge is -2.45. The van der Waals surface area contributed by atoms with E-state index in [0.29, 0.717) is 0 Å². The number of carbonyl (C=O) groups excluding carboxylic acids is 1. The van der Waals surface area contributed by atoms with Gasteiger partial charge in [-0.25, -0.2) is 9.37 Å². The van der Waals surface area contributed by atoms with Crippen molar-refractivity contribution in [3.05, 3.63) is 17.3 Å². The van der Waals surface area contributed by atoms with Crippen LogP contribution in [0.5, 0.6) is 0 Å². The van der Waals surface area contributed by atoms with Crippen LogP contribution in [-0.4, -0.2) is 29.1 Å². The zero-order valence-corrected chi connectivity index (χ0v) is 12.2. The van der Waals surface area contributed by atoms with E-state index in [1.807, 2.05) is 0 Å². The Kier molecular flexibility index (Phi) is 4.42. The van der Waals surface area contributed by atoms with Crippen LogP contribution in [0.2, 0.25) is 5.28 Å². The van der Waals surface area contributed by atoms with Crippen molar-refractivity contribution < 1.29 is 13.9 Å². The van der Waals surface area contributed by atoms with E-state index in [0.717, 1.165) is 25.5 Å². The van der Waals surface area contributed by atoms with Gasteiger partial charge >= 0.3 is 5.97 Å². The molecule has 0 amide bonds. The zero-order chi connectivity index (χ0) is 14.8. The first-order valence-electron chi connectivity index (χ1n) is 6.46. The van der Waals surface area contributed by atoms with Gasteiger partial charge in [0.25, 0.3) is 0 Å². The summed E-state index contributed by atoms with van der Waals surface area (Å²) in [6.45, 7) is 2.07. The first-order valence-corrected chi connectivity index (χ1v) is 6.84. The highest BCUT2D eigenvalue weighted by Gasteiger charge is 2.41. The summed E-state index contributed by atoms with van der Waals surface area (Å²) < 4.78 is 18.4. The van der Waals surface area contributed by atoms with E-state index in [2.05, 4.69) is 22.2 Å². The lowest BCUT2D eigenvalue weighted by molar-refractivity contribution is -0.141. The van der Waals surface area contributed by atoms with Crippen molar-refractivity contribution in [2.75, 3.05) is 12.4 Å². The maximum Gasteiger partial charge on any atom is 0.307 e. The van der Waals surface area contributed by atoms with E-state index in [9.17, 15) is 9.18 Å². The van der Waals surface area contributed by atoms with Gasteiger partial charge in [0.15, 0.2) is 11.6 Å². The molecule has 5 nitrogen and oxygen atoms in total. The molecule has 1 saturated carbocycles. The number of halogens is 2. The Morgan fingerprint density at radius 2 is 2.35 bits per heavy atom. The summed E-state index contributed by atoms with van der Waals surface area (Å²) in [4.78, 5) is 18.9. The van der Waals surface area contributed by atoms with Crippen molar-refractivity contribution in [3.8, 4) is 0 Å². The van der Waals surface area contributed by atoms with Crippen molar-refractivity contribution in [1.82, 2.24) is 9.97 Å². The normalized spacial score (nSPS) is 18.0. The highest BCUT2D eigenvalue weighted by molar-refractivity contribution is 6.28. The number of hydrogen-bond acceptors (Lipinski definition) is 5. The number of methoxy groups -OCH3 is 1. The first-order chi connectivity index (χ1) is 9.44. The second kappa shape index (κ2) is 5.91. The van der Waals surface area contributed by atoms with Crippen LogP contribution in [0.1, 0.15) is 32.6 Å². The van der Waals surface area contributed by atoms with Gasteiger partial charge < -0.3 is 10.1 Å². The maximum atomic E-state index is 13.7. The van der Waals surface area contributed by atoms with E-state index in [-0.39, 0.29) is 34.9 Å². The number of ether oxygens (including phenoxy) is 1. The fraction of sp³-hybridized carbons (Fsp3) is 0.615. The molecule has 1 atom stereocenters. The van der Waals surface area contributed by atoms with Crippen LogP contribution in [0, 0.1) is 11.2 Å². The van der Waals surface area contributed by atoms with Gasteiger partial charge in [-0.15, -0.1) is 0 Å². The summed E-state index contributed by atoms with van der Waals surface area (Å²) in [5, 5.41) is 2.95. The SMILES string of the molecule is COC(=O)CC(Nc1nc(Cl)ncc1F)C1(C)CCC1. The van der Waals surface area contributed by atoms with Crippen LogP contribution in [0.15, 0.2) is 6.20 Å². The number of nitrogens with one attached hydrogen (secondary N) is 1. The number of carbonyl (C=O) groups is 1. The average Bonchev–Trinajstić information content (AvgIpc) is 2.39. The molecule has 0 spiro atoms. The Labute approximate surface area is 121 Å². The minimum absolute atomic E-state index is 0.0204. The van der Waals surface area contributed by atoms with Crippen LogP contribution < -0.4 is 5.32 Å². The largest absolute Gasteiger partial charge is 0.469 e. The minimum Gasteiger partial charge on any atom is -0.469 e. The van der Waals surface area contributed by atoms with E-state index in [1.165, 1.54) is 7.11 Å². The third-order valence-electron chi connectivity index (χ3n) is 3.96. The number of nitrogens with zero attached hydrogens (tertiary/aromatic N) is 2. The molecule has 20 heavy (non-hydrogen) atoms. The van der Waals surface area contributed by atoms with E-state index >= 15 is 0 Å². The molecule has 1 N–H and O–H groups in total. The van der Waals surface area contributed by atoms with Gasteiger partial charge in [0.1, 0.15) is 0 Å². The molecule has 2 rings (SSSR count). The Hall–Kier alpha value is -1.43. The molecule has 1 aliphatic rings. The summed E-state index contributed by atoms with van der Waals surface area (Å²) in [6, 6.07) is -0.246. The third kappa shape index (κ3) is 3.17. The van der Waals surface area contributed by atoms with Gasteiger partial charge in [0, 0.05) is 6.04 Å². The summed E-state index contributed by atoms with van der Waals surface area (Å²) in [7, 11) is 1.34. The Morgan fingerprint density at radius 3 is 2.90 bits per heavy atom. The van der Waals surface area contributed by atoms with Gasteiger partial charge in [-0.05, 0) is 29.9 Å². The number of aromatic nitrogens is 2. The molecule has 0 aliphatic heterocycles. The predicted octanol–water partition coefficient (Wildman–Crippen LogP) is 2.80. The highest BCUT2D eigenvalue weighted by Crippen LogP contribution is 2.45. The second-order valence-electron chi connectivity index (χ2n) is 5.32. The van der Waals surface area contributed by atoms with Gasteiger partial charge in [-0.2, -0.15) is 4.98 Å². The summed E-state index contributed by atoms with van der Waals surface area (Å²) >= 11 is 5.67. The van der Waals surface area contributed by atoms with Gasteiger partial charge in [-0.1, -0.05) is 13.3 Å². The molecule has 7 heteroatoms. The highest BCUT2D eigenvalue weighted by atomic mass is 35.5. The van der Waals surface area contributed by atoms with Crippen LogP contribution in [0.4, 0.5) is 10.2 Å². The van der Waals surface area contributed by atoms with Crippen molar-refractivity contribution in [3.63, 3.8) is 0 Å². The number of hydrogen-bond donors (Lipinski definition) is 1. The molecule has 1 heterocycles. The zero-order valence-electron chi connectivity index (χ0n) is 11.4. The van der Waals surface area contributed by atoms with Crippen molar-refractivity contribution in [2.24, 2.45) is 5.41 Å². The number of esters is 1. The van der Waals surface area contributed by atoms with Crippen molar-refractivity contribution in [1.29, 1.82) is 0 Å².